The molecule has 0 heterocycles. The van der Waals surface area contributed by atoms with Gasteiger partial charge < -0.3 is 10.1 Å². The van der Waals surface area contributed by atoms with E-state index in [-0.39, 0.29) is 29.2 Å². The summed E-state index contributed by atoms with van der Waals surface area (Å²) in [6.07, 6.45) is 3.87. The quantitative estimate of drug-likeness (QED) is 0.248. The molecule has 0 aliphatic carbocycles. The number of carbonyl (C=O) groups is 1. The van der Waals surface area contributed by atoms with E-state index in [0.29, 0.717) is 13.0 Å². The zero-order valence-electron chi connectivity index (χ0n) is 19.2. The number of ketones is 1. The molecule has 3 rings (SSSR count). The minimum absolute atomic E-state index is 0. The summed E-state index contributed by atoms with van der Waals surface area (Å²) in [5, 5.41) is 3.52. The van der Waals surface area contributed by atoms with E-state index >= 15 is 0 Å². The molecule has 0 spiro atoms. The first-order valence-corrected chi connectivity index (χ1v) is 10.0. The van der Waals surface area contributed by atoms with Crippen LogP contribution in [0, 0.1) is 20.0 Å². The van der Waals surface area contributed by atoms with Crippen molar-refractivity contribution < 1.29 is 40.8 Å². The second kappa shape index (κ2) is 22.4. The predicted molar refractivity (Wildman–Crippen MR) is 126 cm³/mol. The maximum atomic E-state index is 12.6. The Kier molecular flexibility index (Phi) is 21.6. The molecule has 0 fully saturated rings. The molecule has 1 unspecified atom stereocenters. The zero-order chi connectivity index (χ0) is 25.6. The summed E-state index contributed by atoms with van der Waals surface area (Å²) in [6, 6.07) is 27.7. The van der Waals surface area contributed by atoms with E-state index in [2.05, 4.69) is 37.4 Å². The summed E-state index contributed by atoms with van der Waals surface area (Å²) in [5.41, 5.74) is 3.18. The molecule has 3 aromatic carbocycles. The van der Waals surface area contributed by atoms with Crippen LogP contribution in [0.1, 0.15) is 29.2 Å². The SMILES string of the molecule is COc1ccccc1C(CC(=O)/C=C/c1ccccc1)NCc1ccccc1.[C-]#[O+].[C-]#[O+].[C-]#[O+].[Cr]. The third-order valence-electron chi connectivity index (χ3n) is 4.58. The van der Waals surface area contributed by atoms with Crippen molar-refractivity contribution in [3.05, 3.63) is 128 Å². The van der Waals surface area contributed by atoms with E-state index < -0.39 is 0 Å². The van der Waals surface area contributed by atoms with Crippen LogP contribution in [0.2, 0.25) is 0 Å². The first-order chi connectivity index (χ1) is 16.8. The van der Waals surface area contributed by atoms with Crippen molar-refractivity contribution in [2.24, 2.45) is 0 Å². The average molecular weight is 508 g/mol. The van der Waals surface area contributed by atoms with Crippen LogP contribution in [0.25, 0.3) is 6.08 Å². The number of allylic oxidation sites excluding steroid dienone is 1. The second-order valence-corrected chi connectivity index (χ2v) is 6.58. The molecule has 178 valence electrons. The molecule has 0 radical (unpaired) electrons. The standard InChI is InChI=1S/C25H25NO2.3CO.Cr/c1-28-25-15-9-8-14-23(25)24(26-19-21-12-6-3-7-13-21)18-22(27)17-16-20-10-4-2-5-11-20;3*1-2;/h2-17,24,26H,18-19H2,1H3;;;;/b17-16+;;;;. The summed E-state index contributed by atoms with van der Waals surface area (Å²) in [4.78, 5) is 12.6. The van der Waals surface area contributed by atoms with Gasteiger partial charge in [-0.3, -0.25) is 4.79 Å². The molecule has 0 aliphatic heterocycles. The molecule has 0 aliphatic rings. The minimum Gasteiger partial charge on any atom is 0 e. The Bertz CT molecular complexity index is 1030. The fourth-order valence-electron chi connectivity index (χ4n) is 3.11. The molecular formula is C28H25CrNO5. The number of methoxy groups -OCH3 is 1. The van der Waals surface area contributed by atoms with Crippen LogP contribution >= 0.6 is 0 Å². The molecule has 0 bridgehead atoms. The molecule has 7 heteroatoms. The first-order valence-electron chi connectivity index (χ1n) is 10.0. The number of benzene rings is 3. The molecular weight excluding hydrogens is 482 g/mol. The van der Waals surface area contributed by atoms with Crippen molar-refractivity contribution in [1.82, 2.24) is 5.32 Å². The van der Waals surface area contributed by atoms with Crippen molar-refractivity contribution in [3.8, 4) is 5.75 Å². The van der Waals surface area contributed by atoms with Crippen LogP contribution in [-0.4, -0.2) is 12.9 Å². The third kappa shape index (κ3) is 13.2. The fraction of sp³-hybridized carbons (Fsp3) is 0.143. The maximum Gasteiger partial charge on any atom is 0 e. The summed E-state index contributed by atoms with van der Waals surface area (Å²) in [5.74, 6) is 0.855. The van der Waals surface area contributed by atoms with Gasteiger partial charge in [0.05, 0.1) is 7.11 Å². The summed E-state index contributed by atoms with van der Waals surface area (Å²) >= 11 is 0. The van der Waals surface area contributed by atoms with Crippen LogP contribution in [-0.2, 0) is 42.7 Å². The van der Waals surface area contributed by atoms with Crippen LogP contribution in [0.15, 0.2) is 91.0 Å². The molecule has 0 saturated heterocycles. The van der Waals surface area contributed by atoms with Crippen LogP contribution < -0.4 is 10.1 Å². The van der Waals surface area contributed by atoms with Gasteiger partial charge in [-0.2, -0.15) is 0 Å². The van der Waals surface area contributed by atoms with Crippen molar-refractivity contribution in [3.63, 3.8) is 0 Å². The van der Waals surface area contributed by atoms with Crippen LogP contribution in [0.5, 0.6) is 5.75 Å². The Morgan fingerprint density at radius 1 is 0.857 bits per heavy atom. The maximum absolute atomic E-state index is 12.6. The molecule has 1 N–H and O–H groups in total. The summed E-state index contributed by atoms with van der Waals surface area (Å²) < 4.78 is 28.0. The van der Waals surface area contributed by atoms with E-state index in [1.54, 1.807) is 13.2 Å². The number of hydrogen-bond donors (Lipinski definition) is 1. The monoisotopic (exact) mass is 507 g/mol. The van der Waals surface area contributed by atoms with Crippen molar-refractivity contribution >= 4 is 11.9 Å². The van der Waals surface area contributed by atoms with Crippen molar-refractivity contribution in [2.45, 2.75) is 19.0 Å². The Balaban J connectivity index is 0. The summed E-state index contributed by atoms with van der Waals surface area (Å²) in [6.45, 7) is 14.2. The van der Waals surface area contributed by atoms with Gasteiger partial charge in [-0.05, 0) is 23.3 Å². The summed E-state index contributed by atoms with van der Waals surface area (Å²) in [7, 11) is 1.66. The van der Waals surface area contributed by atoms with Crippen molar-refractivity contribution in [2.75, 3.05) is 7.11 Å². The van der Waals surface area contributed by atoms with Gasteiger partial charge in [-0.1, -0.05) is 84.9 Å². The normalized spacial score (nSPS) is 9.80. The van der Waals surface area contributed by atoms with Gasteiger partial charge >= 0.3 is 33.9 Å². The third-order valence-corrected chi connectivity index (χ3v) is 4.58. The number of ether oxygens (including phenoxy) is 1. The second-order valence-electron chi connectivity index (χ2n) is 6.58. The van der Waals surface area contributed by atoms with Gasteiger partial charge in [0.15, 0.2) is 5.78 Å². The topological polar surface area (TPSA) is 98.0 Å². The number of nitrogens with one attached hydrogen (secondary N) is 1. The van der Waals surface area contributed by atoms with Gasteiger partial charge in [0.1, 0.15) is 5.75 Å². The van der Waals surface area contributed by atoms with Crippen LogP contribution in [0.4, 0.5) is 0 Å². The Morgan fingerprint density at radius 2 is 1.37 bits per heavy atom. The largest absolute Gasteiger partial charge is 0 e. The van der Waals surface area contributed by atoms with E-state index in [4.69, 9.17) is 18.7 Å². The Hall–Kier alpha value is -3.42. The Morgan fingerprint density at radius 3 is 1.94 bits per heavy atom. The Labute approximate surface area is 217 Å². The molecule has 0 saturated carbocycles. The smallest absolute Gasteiger partial charge is 0 e. The van der Waals surface area contributed by atoms with E-state index in [9.17, 15) is 4.79 Å². The molecule has 3 aromatic rings. The van der Waals surface area contributed by atoms with Crippen LogP contribution in [0.3, 0.4) is 0 Å². The van der Waals surface area contributed by atoms with E-state index in [1.807, 2.05) is 78.9 Å². The molecule has 35 heavy (non-hydrogen) atoms. The molecule has 6 nitrogen and oxygen atoms in total. The zero-order valence-corrected chi connectivity index (χ0v) is 20.5. The van der Waals surface area contributed by atoms with Gasteiger partial charge in [-0.25, -0.2) is 0 Å². The van der Waals surface area contributed by atoms with Gasteiger partial charge in [0.2, 0.25) is 0 Å². The predicted octanol–water partition coefficient (Wildman–Crippen LogP) is 5.08. The minimum atomic E-state index is -0.135. The number of hydrogen-bond acceptors (Lipinski definition) is 3. The first kappa shape index (κ1) is 33.8. The number of para-hydroxylation sites is 1. The van der Waals surface area contributed by atoms with Gasteiger partial charge in [-0.15, -0.1) is 0 Å². The number of carbonyl (C=O) groups excluding carboxylic acids is 1. The van der Waals surface area contributed by atoms with Gasteiger partial charge in [0, 0.05) is 41.9 Å². The molecule has 1 atom stereocenters. The molecule has 0 aromatic heterocycles. The molecule has 0 amide bonds. The van der Waals surface area contributed by atoms with E-state index in [0.717, 1.165) is 16.9 Å². The number of rotatable bonds is 9. The fourth-order valence-corrected chi connectivity index (χ4v) is 3.11. The van der Waals surface area contributed by atoms with Crippen molar-refractivity contribution in [1.29, 1.82) is 0 Å². The van der Waals surface area contributed by atoms with E-state index in [1.165, 1.54) is 5.56 Å². The average Bonchev–Trinajstić information content (AvgIpc) is 2.94. The van der Waals surface area contributed by atoms with Gasteiger partial charge in [0.25, 0.3) is 0 Å².